The number of amides is 1. The lowest BCUT2D eigenvalue weighted by Gasteiger charge is -2.25. The van der Waals surface area contributed by atoms with E-state index in [0.29, 0.717) is 16.6 Å². The predicted octanol–water partition coefficient (Wildman–Crippen LogP) is 4.65. The average Bonchev–Trinajstić information content (AvgIpc) is 2.91. The molecule has 1 aliphatic rings. The van der Waals surface area contributed by atoms with Crippen molar-refractivity contribution >= 4 is 46.5 Å². The van der Waals surface area contributed by atoms with Crippen molar-refractivity contribution in [2.75, 3.05) is 6.54 Å². The summed E-state index contributed by atoms with van der Waals surface area (Å²) >= 11 is 13.7. The second kappa shape index (κ2) is 6.22. The number of hydrogen-bond donors (Lipinski definition) is 0. The van der Waals surface area contributed by atoms with Gasteiger partial charge < -0.3 is 4.90 Å². The summed E-state index contributed by atoms with van der Waals surface area (Å²) < 4.78 is 0. The molecule has 0 N–H and O–H groups in total. The zero-order valence-electron chi connectivity index (χ0n) is 11.2. The Bertz CT molecular complexity index is 688. The average molecular weight is 338 g/mol. The molecule has 1 aromatic heterocycles. The summed E-state index contributed by atoms with van der Waals surface area (Å²) in [5, 5.41) is 3.22. The lowest BCUT2D eigenvalue weighted by atomic mass is 10.1. The third-order valence-corrected chi connectivity index (χ3v) is 4.88. The molecule has 0 unspecified atom stereocenters. The van der Waals surface area contributed by atoms with Gasteiger partial charge in [-0.1, -0.05) is 23.2 Å². The van der Waals surface area contributed by atoms with Crippen molar-refractivity contribution in [2.45, 2.75) is 13.0 Å². The molecule has 1 amide bonds. The molecule has 5 heteroatoms. The normalized spacial score (nSPS) is 14.5. The highest BCUT2D eigenvalue weighted by Crippen LogP contribution is 2.24. The molecule has 0 fully saturated rings. The van der Waals surface area contributed by atoms with E-state index in [-0.39, 0.29) is 5.91 Å². The quantitative estimate of drug-likeness (QED) is 0.730. The number of nitrogens with zero attached hydrogens (tertiary/aromatic N) is 1. The van der Waals surface area contributed by atoms with E-state index >= 15 is 0 Å². The van der Waals surface area contributed by atoms with E-state index in [0.717, 1.165) is 18.5 Å². The Labute approximate surface area is 137 Å². The molecule has 0 atom stereocenters. The van der Waals surface area contributed by atoms with Gasteiger partial charge in [0.05, 0.1) is 0 Å². The van der Waals surface area contributed by atoms with Crippen molar-refractivity contribution in [1.82, 2.24) is 4.90 Å². The van der Waals surface area contributed by atoms with Crippen molar-refractivity contribution < 1.29 is 4.79 Å². The van der Waals surface area contributed by atoms with Crippen LogP contribution in [0.1, 0.15) is 16.0 Å². The largest absolute Gasteiger partial charge is 0.334 e. The minimum Gasteiger partial charge on any atom is -0.334 e. The number of halogens is 2. The van der Waals surface area contributed by atoms with Crippen LogP contribution in [0.25, 0.3) is 6.08 Å². The minimum atomic E-state index is 0.0166. The van der Waals surface area contributed by atoms with E-state index in [1.54, 1.807) is 41.7 Å². The van der Waals surface area contributed by atoms with Gasteiger partial charge in [-0.25, -0.2) is 0 Å². The van der Waals surface area contributed by atoms with Crippen LogP contribution in [0.15, 0.2) is 35.7 Å². The van der Waals surface area contributed by atoms with Crippen LogP contribution in [0.2, 0.25) is 10.0 Å². The molecular weight excluding hydrogens is 325 g/mol. The number of rotatable bonds is 2. The van der Waals surface area contributed by atoms with Gasteiger partial charge in [0.25, 0.3) is 0 Å². The van der Waals surface area contributed by atoms with Crippen molar-refractivity contribution in [3.8, 4) is 0 Å². The molecule has 0 aliphatic carbocycles. The van der Waals surface area contributed by atoms with Crippen LogP contribution >= 0.6 is 34.5 Å². The smallest absolute Gasteiger partial charge is 0.246 e. The topological polar surface area (TPSA) is 20.3 Å². The Morgan fingerprint density at radius 2 is 2.00 bits per heavy atom. The van der Waals surface area contributed by atoms with Crippen LogP contribution in [0.5, 0.6) is 0 Å². The van der Waals surface area contributed by atoms with E-state index < -0.39 is 0 Å². The summed E-state index contributed by atoms with van der Waals surface area (Å²) in [5.74, 6) is 0.0166. The maximum atomic E-state index is 12.2. The summed E-state index contributed by atoms with van der Waals surface area (Å²) in [6.45, 7) is 1.46. The molecule has 108 valence electrons. The highest BCUT2D eigenvalue weighted by molar-refractivity contribution is 7.10. The number of carbonyl (C=O) groups is 1. The third kappa shape index (κ3) is 3.49. The van der Waals surface area contributed by atoms with E-state index in [1.165, 1.54) is 10.4 Å². The summed E-state index contributed by atoms with van der Waals surface area (Å²) in [4.78, 5) is 15.5. The van der Waals surface area contributed by atoms with E-state index in [9.17, 15) is 4.79 Å². The number of thiophene rings is 1. The van der Waals surface area contributed by atoms with Gasteiger partial charge in [0.1, 0.15) is 0 Å². The molecule has 2 aromatic rings. The summed E-state index contributed by atoms with van der Waals surface area (Å²) in [7, 11) is 0. The Kier molecular flexibility index (Phi) is 4.34. The first kappa shape index (κ1) is 14.6. The number of benzene rings is 1. The van der Waals surface area contributed by atoms with Crippen LogP contribution in [0.4, 0.5) is 0 Å². The fraction of sp³-hybridized carbons (Fsp3) is 0.188. The Morgan fingerprint density at radius 1 is 1.24 bits per heavy atom. The summed E-state index contributed by atoms with van der Waals surface area (Å²) in [5.41, 5.74) is 2.09. The number of hydrogen-bond acceptors (Lipinski definition) is 2. The van der Waals surface area contributed by atoms with Gasteiger partial charge in [-0.05, 0) is 53.3 Å². The highest BCUT2D eigenvalue weighted by atomic mass is 35.5. The van der Waals surface area contributed by atoms with Gasteiger partial charge in [-0.15, -0.1) is 11.3 Å². The van der Waals surface area contributed by atoms with E-state index in [2.05, 4.69) is 11.4 Å². The molecule has 1 aliphatic heterocycles. The fourth-order valence-corrected chi connectivity index (χ4v) is 3.81. The zero-order valence-corrected chi connectivity index (χ0v) is 13.5. The molecule has 21 heavy (non-hydrogen) atoms. The molecule has 0 spiro atoms. The first-order chi connectivity index (χ1) is 10.1. The van der Waals surface area contributed by atoms with Gasteiger partial charge >= 0.3 is 0 Å². The molecular formula is C16H13Cl2NOS. The molecule has 3 rings (SSSR count). The molecule has 0 radical (unpaired) electrons. The van der Waals surface area contributed by atoms with Gasteiger partial charge in [0, 0.05) is 34.1 Å². The van der Waals surface area contributed by atoms with Crippen molar-refractivity contribution in [3.05, 3.63) is 61.8 Å². The second-order valence-electron chi connectivity index (χ2n) is 4.91. The summed E-state index contributed by atoms with van der Waals surface area (Å²) in [6.07, 6.45) is 4.28. The monoisotopic (exact) mass is 337 g/mol. The lowest BCUT2D eigenvalue weighted by molar-refractivity contribution is -0.126. The van der Waals surface area contributed by atoms with Crippen LogP contribution in [-0.2, 0) is 17.8 Å². The molecule has 0 bridgehead atoms. The Hall–Kier alpha value is -1.29. The van der Waals surface area contributed by atoms with Crippen LogP contribution in [0.3, 0.4) is 0 Å². The lowest BCUT2D eigenvalue weighted by Crippen LogP contribution is -2.34. The highest BCUT2D eigenvalue weighted by Gasteiger charge is 2.19. The Balaban J connectivity index is 1.70. The van der Waals surface area contributed by atoms with Gasteiger partial charge in [-0.2, -0.15) is 0 Å². The maximum Gasteiger partial charge on any atom is 0.246 e. The van der Waals surface area contributed by atoms with Gasteiger partial charge in [0.2, 0.25) is 5.91 Å². The SMILES string of the molecule is O=C(/C=C/c1cc(Cl)cc(Cl)c1)N1CCc2sccc2C1. The number of carbonyl (C=O) groups excluding carboxylic acids is 1. The first-order valence-corrected chi connectivity index (χ1v) is 8.24. The zero-order chi connectivity index (χ0) is 14.8. The van der Waals surface area contributed by atoms with Gasteiger partial charge in [0.15, 0.2) is 0 Å². The van der Waals surface area contributed by atoms with Crippen LogP contribution in [-0.4, -0.2) is 17.4 Å². The number of fused-ring (bicyclic) bond motifs is 1. The molecule has 2 nitrogen and oxygen atoms in total. The molecule has 1 aromatic carbocycles. The first-order valence-electron chi connectivity index (χ1n) is 6.60. The Morgan fingerprint density at radius 3 is 2.76 bits per heavy atom. The van der Waals surface area contributed by atoms with Crippen LogP contribution < -0.4 is 0 Å². The molecule has 0 saturated heterocycles. The fourth-order valence-electron chi connectivity index (χ4n) is 2.38. The van der Waals surface area contributed by atoms with E-state index in [1.807, 2.05) is 4.90 Å². The minimum absolute atomic E-state index is 0.0166. The van der Waals surface area contributed by atoms with Gasteiger partial charge in [-0.3, -0.25) is 4.79 Å². The van der Waals surface area contributed by atoms with Crippen LogP contribution in [0, 0.1) is 0 Å². The standard InChI is InChI=1S/C16H13Cl2NOS/c17-13-7-11(8-14(18)9-13)1-2-16(20)19-5-3-15-12(10-19)4-6-21-15/h1-2,4,6-9H,3,5,10H2/b2-1+. The molecule has 0 saturated carbocycles. The summed E-state index contributed by atoms with van der Waals surface area (Å²) in [6, 6.07) is 7.33. The van der Waals surface area contributed by atoms with Crippen molar-refractivity contribution in [1.29, 1.82) is 0 Å². The maximum absolute atomic E-state index is 12.2. The second-order valence-corrected chi connectivity index (χ2v) is 6.79. The third-order valence-electron chi connectivity index (χ3n) is 3.42. The molecule has 2 heterocycles. The van der Waals surface area contributed by atoms with E-state index in [4.69, 9.17) is 23.2 Å². The van der Waals surface area contributed by atoms with Crippen molar-refractivity contribution in [2.24, 2.45) is 0 Å². The van der Waals surface area contributed by atoms with Crippen molar-refractivity contribution in [3.63, 3.8) is 0 Å². The predicted molar refractivity (Wildman–Crippen MR) is 88.9 cm³/mol.